The van der Waals surface area contributed by atoms with E-state index in [-0.39, 0.29) is 35.8 Å². The SMILES string of the molecule is CCNC(=NCc1cc(F)ccc1SC)NC1CCCn2nc(C)nc21.I. The number of hydrogen-bond acceptors (Lipinski definition) is 4. The maximum atomic E-state index is 13.6. The van der Waals surface area contributed by atoms with Gasteiger partial charge in [0.05, 0.1) is 12.6 Å². The summed E-state index contributed by atoms with van der Waals surface area (Å²) in [5.74, 6) is 2.22. The average molecular weight is 504 g/mol. The lowest BCUT2D eigenvalue weighted by atomic mass is 10.1. The molecule has 27 heavy (non-hydrogen) atoms. The smallest absolute Gasteiger partial charge is 0.192 e. The van der Waals surface area contributed by atoms with E-state index in [4.69, 9.17) is 0 Å². The number of hydrogen-bond donors (Lipinski definition) is 2. The number of aromatic nitrogens is 3. The fourth-order valence-electron chi connectivity index (χ4n) is 3.13. The third-order valence-electron chi connectivity index (χ3n) is 4.29. The molecule has 0 spiro atoms. The number of halogens is 2. The van der Waals surface area contributed by atoms with Crippen LogP contribution >= 0.6 is 35.7 Å². The van der Waals surface area contributed by atoms with Crippen molar-refractivity contribution >= 4 is 41.7 Å². The standard InChI is InChI=1S/C18H25FN6S.HI/c1-4-20-18(21-11-13-10-14(19)7-8-16(13)26-3)23-15-6-5-9-25-17(15)22-12(2)24-25;/h7-8,10,15H,4-6,9,11H2,1-3H3,(H2,20,21,23);1H. The zero-order valence-corrected chi connectivity index (χ0v) is 19.0. The van der Waals surface area contributed by atoms with Gasteiger partial charge in [0, 0.05) is 18.0 Å². The van der Waals surface area contributed by atoms with Crippen molar-refractivity contribution < 1.29 is 4.39 Å². The molecule has 1 aliphatic heterocycles. The summed E-state index contributed by atoms with van der Waals surface area (Å²) in [6, 6.07) is 4.92. The van der Waals surface area contributed by atoms with E-state index in [1.54, 1.807) is 23.9 Å². The molecule has 2 N–H and O–H groups in total. The van der Waals surface area contributed by atoms with E-state index in [0.29, 0.717) is 12.5 Å². The Bertz CT molecular complexity index is 794. The van der Waals surface area contributed by atoms with Crippen molar-refractivity contribution in [3.05, 3.63) is 41.2 Å². The molecule has 1 aromatic heterocycles. The van der Waals surface area contributed by atoms with Crippen molar-refractivity contribution in [3.63, 3.8) is 0 Å². The minimum Gasteiger partial charge on any atom is -0.357 e. The van der Waals surface area contributed by atoms with E-state index in [1.807, 2.05) is 24.8 Å². The summed E-state index contributed by atoms with van der Waals surface area (Å²) in [5, 5.41) is 11.2. The van der Waals surface area contributed by atoms with Gasteiger partial charge >= 0.3 is 0 Å². The quantitative estimate of drug-likeness (QED) is 0.282. The highest BCUT2D eigenvalue weighted by Crippen LogP contribution is 2.24. The van der Waals surface area contributed by atoms with Gasteiger partial charge in [-0.3, -0.25) is 0 Å². The van der Waals surface area contributed by atoms with Gasteiger partial charge in [-0.25, -0.2) is 19.0 Å². The zero-order chi connectivity index (χ0) is 18.5. The minimum atomic E-state index is -0.234. The highest BCUT2D eigenvalue weighted by Gasteiger charge is 2.24. The Morgan fingerprint density at radius 2 is 2.26 bits per heavy atom. The highest BCUT2D eigenvalue weighted by atomic mass is 127. The summed E-state index contributed by atoms with van der Waals surface area (Å²) in [4.78, 5) is 10.3. The monoisotopic (exact) mass is 504 g/mol. The van der Waals surface area contributed by atoms with E-state index in [2.05, 4.69) is 25.7 Å². The molecule has 0 amide bonds. The number of benzene rings is 1. The molecule has 1 unspecified atom stereocenters. The van der Waals surface area contributed by atoms with Crippen molar-refractivity contribution in [1.82, 2.24) is 25.4 Å². The molecule has 6 nitrogen and oxygen atoms in total. The fourth-order valence-corrected chi connectivity index (χ4v) is 3.71. The Balaban J connectivity index is 0.00000261. The van der Waals surface area contributed by atoms with E-state index >= 15 is 0 Å². The molecule has 9 heteroatoms. The predicted molar refractivity (Wildman–Crippen MR) is 118 cm³/mol. The molecule has 0 aliphatic carbocycles. The Labute approximate surface area is 180 Å². The van der Waals surface area contributed by atoms with E-state index < -0.39 is 0 Å². The first kappa shape index (κ1) is 21.9. The van der Waals surface area contributed by atoms with Crippen LogP contribution in [0.25, 0.3) is 0 Å². The molecule has 3 rings (SSSR count). The summed E-state index contributed by atoms with van der Waals surface area (Å²) >= 11 is 1.60. The van der Waals surface area contributed by atoms with Crippen LogP contribution in [0.5, 0.6) is 0 Å². The Morgan fingerprint density at radius 3 is 3.00 bits per heavy atom. The molecule has 0 bridgehead atoms. The molecule has 0 radical (unpaired) electrons. The van der Waals surface area contributed by atoms with Crippen molar-refractivity contribution in [2.45, 2.75) is 50.7 Å². The topological polar surface area (TPSA) is 67.1 Å². The first-order valence-corrected chi connectivity index (χ1v) is 10.1. The van der Waals surface area contributed by atoms with Crippen LogP contribution in [0.4, 0.5) is 4.39 Å². The van der Waals surface area contributed by atoms with Crippen molar-refractivity contribution in [3.8, 4) is 0 Å². The number of guanidine groups is 1. The summed E-state index contributed by atoms with van der Waals surface area (Å²) in [5.41, 5.74) is 0.886. The number of aryl methyl sites for hydroxylation is 2. The van der Waals surface area contributed by atoms with Gasteiger partial charge in [0.2, 0.25) is 0 Å². The Hall–Kier alpha value is -1.36. The second kappa shape index (κ2) is 10.3. The van der Waals surface area contributed by atoms with Gasteiger partial charge in [0.15, 0.2) is 5.96 Å². The molecule has 1 aromatic carbocycles. The van der Waals surface area contributed by atoms with Crippen LogP contribution in [-0.4, -0.2) is 33.5 Å². The zero-order valence-electron chi connectivity index (χ0n) is 15.8. The first-order chi connectivity index (χ1) is 12.6. The van der Waals surface area contributed by atoms with Crippen LogP contribution < -0.4 is 10.6 Å². The third-order valence-corrected chi connectivity index (χ3v) is 5.12. The van der Waals surface area contributed by atoms with Crippen LogP contribution in [-0.2, 0) is 13.1 Å². The average Bonchev–Trinajstić information content (AvgIpc) is 3.01. The third kappa shape index (κ3) is 5.56. The molecule has 148 valence electrons. The molecular formula is C18H26FIN6S. The second-order valence-corrected chi connectivity index (χ2v) is 7.08. The molecule has 0 fully saturated rings. The van der Waals surface area contributed by atoms with Gasteiger partial charge in [0.25, 0.3) is 0 Å². The maximum Gasteiger partial charge on any atom is 0.192 e. The van der Waals surface area contributed by atoms with Crippen LogP contribution in [0, 0.1) is 12.7 Å². The number of nitrogens with zero attached hydrogens (tertiary/aromatic N) is 4. The maximum absolute atomic E-state index is 13.6. The lowest BCUT2D eigenvalue weighted by Crippen LogP contribution is -2.41. The first-order valence-electron chi connectivity index (χ1n) is 8.89. The predicted octanol–water partition coefficient (Wildman–Crippen LogP) is 3.66. The van der Waals surface area contributed by atoms with Crippen LogP contribution in [0.3, 0.4) is 0 Å². The lowest BCUT2D eigenvalue weighted by molar-refractivity contribution is 0.397. The van der Waals surface area contributed by atoms with Gasteiger partial charge in [-0.15, -0.1) is 35.7 Å². The minimum absolute atomic E-state index is 0. The molecule has 1 atom stereocenters. The van der Waals surface area contributed by atoms with Crippen LogP contribution in [0.15, 0.2) is 28.1 Å². The number of aliphatic imine (C=N–C) groups is 1. The van der Waals surface area contributed by atoms with Gasteiger partial charge < -0.3 is 10.6 Å². The van der Waals surface area contributed by atoms with Crippen LogP contribution in [0.1, 0.15) is 43.0 Å². The number of rotatable bonds is 5. The van der Waals surface area contributed by atoms with Crippen LogP contribution in [0.2, 0.25) is 0 Å². The van der Waals surface area contributed by atoms with Gasteiger partial charge in [0.1, 0.15) is 17.5 Å². The van der Waals surface area contributed by atoms with E-state index in [9.17, 15) is 4.39 Å². The summed E-state index contributed by atoms with van der Waals surface area (Å²) in [6.07, 6.45) is 4.02. The van der Waals surface area contributed by atoms with E-state index in [0.717, 1.165) is 48.0 Å². The largest absolute Gasteiger partial charge is 0.357 e. The van der Waals surface area contributed by atoms with Crippen molar-refractivity contribution in [2.24, 2.45) is 4.99 Å². The summed E-state index contributed by atoms with van der Waals surface area (Å²) in [6.45, 7) is 6.02. The van der Waals surface area contributed by atoms with E-state index in [1.165, 1.54) is 6.07 Å². The van der Waals surface area contributed by atoms with Gasteiger partial charge in [-0.1, -0.05) is 0 Å². The fraction of sp³-hybridized carbons (Fsp3) is 0.500. The number of fused-ring (bicyclic) bond motifs is 1. The Kier molecular flexibility index (Phi) is 8.33. The summed E-state index contributed by atoms with van der Waals surface area (Å²) in [7, 11) is 0. The molecule has 2 heterocycles. The Morgan fingerprint density at radius 1 is 1.44 bits per heavy atom. The van der Waals surface area contributed by atoms with Gasteiger partial charge in [-0.05, 0) is 56.7 Å². The highest BCUT2D eigenvalue weighted by molar-refractivity contribution is 14.0. The lowest BCUT2D eigenvalue weighted by Gasteiger charge is -2.25. The van der Waals surface area contributed by atoms with Crippen molar-refractivity contribution in [1.29, 1.82) is 0 Å². The molecule has 0 saturated carbocycles. The van der Waals surface area contributed by atoms with Crippen molar-refractivity contribution in [2.75, 3.05) is 12.8 Å². The number of thioether (sulfide) groups is 1. The molecule has 0 saturated heterocycles. The molecule has 1 aliphatic rings. The summed E-state index contributed by atoms with van der Waals surface area (Å²) < 4.78 is 15.6. The molecular weight excluding hydrogens is 478 g/mol. The van der Waals surface area contributed by atoms with Gasteiger partial charge in [-0.2, -0.15) is 5.10 Å². The normalized spacial score (nSPS) is 16.4. The molecule has 2 aromatic rings. The second-order valence-electron chi connectivity index (χ2n) is 6.23. The number of nitrogens with one attached hydrogen (secondary N) is 2.